The summed E-state index contributed by atoms with van der Waals surface area (Å²) in [6.45, 7) is 2.07. The normalized spacial score (nSPS) is 22.8. The number of benzene rings is 1. The molecule has 0 amide bonds. The third kappa shape index (κ3) is 2.63. The average molecular weight is 309 g/mol. The van der Waals surface area contributed by atoms with Crippen LogP contribution in [-0.4, -0.2) is 41.4 Å². The average Bonchev–Trinajstić information content (AvgIpc) is 3.09. The predicted molar refractivity (Wildman–Crippen MR) is 83.5 cm³/mol. The number of hydrogen-bond donors (Lipinski definition) is 2. The number of amidine groups is 2. The zero-order valence-corrected chi connectivity index (χ0v) is 12.3. The number of rotatable bonds is 1. The van der Waals surface area contributed by atoms with Gasteiger partial charge in [-0.2, -0.15) is 10.4 Å². The van der Waals surface area contributed by atoms with E-state index < -0.39 is 0 Å². The van der Waals surface area contributed by atoms with Gasteiger partial charge in [0.15, 0.2) is 11.7 Å². The van der Waals surface area contributed by atoms with Gasteiger partial charge in [-0.05, 0) is 29.8 Å². The van der Waals surface area contributed by atoms with Crippen molar-refractivity contribution in [3.05, 3.63) is 47.5 Å². The predicted octanol–water partition coefficient (Wildman–Crippen LogP) is 0.453. The maximum atomic E-state index is 9.04. The molecule has 3 heterocycles. The Balaban J connectivity index is 1.52. The van der Waals surface area contributed by atoms with E-state index in [4.69, 9.17) is 10.00 Å². The first kappa shape index (κ1) is 13.8. The van der Waals surface area contributed by atoms with Gasteiger partial charge in [0.1, 0.15) is 6.10 Å². The van der Waals surface area contributed by atoms with Gasteiger partial charge in [-0.1, -0.05) is 12.1 Å². The van der Waals surface area contributed by atoms with Gasteiger partial charge in [0.2, 0.25) is 0 Å². The summed E-state index contributed by atoms with van der Waals surface area (Å²) in [6.07, 6.45) is 3.77. The van der Waals surface area contributed by atoms with Crippen molar-refractivity contribution in [3.63, 3.8) is 0 Å². The second-order valence-corrected chi connectivity index (χ2v) is 5.34. The molecule has 1 saturated heterocycles. The van der Waals surface area contributed by atoms with Crippen LogP contribution in [-0.2, 0) is 4.74 Å². The van der Waals surface area contributed by atoms with E-state index >= 15 is 0 Å². The molecule has 1 aromatic rings. The molecule has 8 nitrogen and oxygen atoms in total. The van der Waals surface area contributed by atoms with Crippen molar-refractivity contribution in [2.24, 2.45) is 10.2 Å². The zero-order valence-electron chi connectivity index (χ0n) is 12.3. The summed E-state index contributed by atoms with van der Waals surface area (Å²) in [5, 5.41) is 19.2. The van der Waals surface area contributed by atoms with Crippen LogP contribution in [0.2, 0.25) is 0 Å². The van der Waals surface area contributed by atoms with Crippen LogP contribution in [0.4, 0.5) is 0 Å². The highest BCUT2D eigenvalue weighted by Crippen LogP contribution is 2.24. The Morgan fingerprint density at radius 2 is 2.22 bits per heavy atom. The minimum absolute atomic E-state index is 0.0760. The molecule has 3 aliphatic heterocycles. The summed E-state index contributed by atoms with van der Waals surface area (Å²) in [7, 11) is 0. The van der Waals surface area contributed by atoms with Gasteiger partial charge < -0.3 is 9.64 Å². The highest BCUT2D eigenvalue weighted by molar-refractivity contribution is 6.05. The van der Waals surface area contributed by atoms with Crippen molar-refractivity contribution in [1.29, 1.82) is 5.26 Å². The monoisotopic (exact) mass is 309 g/mol. The van der Waals surface area contributed by atoms with Crippen molar-refractivity contribution in [1.82, 2.24) is 21.1 Å². The Hall–Kier alpha value is -2.89. The molecule has 1 fully saturated rings. The molecule has 3 aliphatic rings. The maximum Gasteiger partial charge on any atom is 0.189 e. The summed E-state index contributed by atoms with van der Waals surface area (Å²) in [5.41, 5.74) is 7.16. The van der Waals surface area contributed by atoms with E-state index in [-0.39, 0.29) is 6.10 Å². The number of ether oxygens (including phenoxy) is 1. The van der Waals surface area contributed by atoms with E-state index in [2.05, 4.69) is 32.2 Å². The van der Waals surface area contributed by atoms with E-state index in [1.54, 1.807) is 11.2 Å². The quantitative estimate of drug-likeness (QED) is 0.783. The smallest absolute Gasteiger partial charge is 0.189 e. The first-order valence-corrected chi connectivity index (χ1v) is 7.35. The summed E-state index contributed by atoms with van der Waals surface area (Å²) < 4.78 is 5.88. The number of hydrazone groups is 2. The van der Waals surface area contributed by atoms with Gasteiger partial charge in [0.05, 0.1) is 18.2 Å². The molecule has 0 saturated carbocycles. The zero-order chi connectivity index (χ0) is 15.6. The van der Waals surface area contributed by atoms with E-state index in [9.17, 15) is 0 Å². The molecule has 23 heavy (non-hydrogen) atoms. The Labute approximate surface area is 133 Å². The second kappa shape index (κ2) is 5.72. The molecule has 0 radical (unpaired) electrons. The standard InChI is InChI=1S/C15H15N7O/c16-9-11-2-1-3-12(8-11)13-10-21(6-7-23-13)15-5-4-14-17-19-20-22(14)18-15/h1-5,8,13,19-20H,6-7,10H2. The summed E-state index contributed by atoms with van der Waals surface area (Å²) in [5.74, 6) is 1.57. The second-order valence-electron chi connectivity index (χ2n) is 5.34. The summed E-state index contributed by atoms with van der Waals surface area (Å²) in [6, 6.07) is 9.72. The van der Waals surface area contributed by atoms with Crippen LogP contribution in [0.3, 0.4) is 0 Å². The molecule has 0 aromatic heterocycles. The Morgan fingerprint density at radius 1 is 1.30 bits per heavy atom. The van der Waals surface area contributed by atoms with Crippen LogP contribution in [0.5, 0.6) is 0 Å². The lowest BCUT2D eigenvalue weighted by Gasteiger charge is -2.35. The fraction of sp³-hybridized carbons (Fsp3) is 0.267. The fourth-order valence-electron chi connectivity index (χ4n) is 2.74. The molecule has 1 atom stereocenters. The number of nitrogens with one attached hydrogen (secondary N) is 2. The molecular weight excluding hydrogens is 294 g/mol. The van der Waals surface area contributed by atoms with Crippen LogP contribution in [0, 0.1) is 11.3 Å². The van der Waals surface area contributed by atoms with Gasteiger partial charge >= 0.3 is 0 Å². The lowest BCUT2D eigenvalue weighted by molar-refractivity contribution is -0.00712. The topological polar surface area (TPSA) is 88.3 Å². The Bertz CT molecular complexity index is 748. The molecular formula is C15H15N7O. The summed E-state index contributed by atoms with van der Waals surface area (Å²) >= 11 is 0. The van der Waals surface area contributed by atoms with E-state index in [1.807, 2.05) is 30.4 Å². The number of nitriles is 1. The van der Waals surface area contributed by atoms with E-state index in [0.717, 1.165) is 23.8 Å². The van der Waals surface area contributed by atoms with Crippen molar-refractivity contribution >= 4 is 11.7 Å². The van der Waals surface area contributed by atoms with Crippen molar-refractivity contribution in [2.45, 2.75) is 6.10 Å². The van der Waals surface area contributed by atoms with Crippen molar-refractivity contribution < 1.29 is 4.74 Å². The maximum absolute atomic E-state index is 9.04. The lowest BCUT2D eigenvalue weighted by Crippen LogP contribution is -2.46. The minimum atomic E-state index is -0.0760. The van der Waals surface area contributed by atoms with E-state index in [0.29, 0.717) is 18.7 Å². The van der Waals surface area contributed by atoms with Gasteiger partial charge in [-0.25, -0.2) is 5.53 Å². The van der Waals surface area contributed by atoms with Crippen LogP contribution in [0.15, 0.2) is 46.6 Å². The van der Waals surface area contributed by atoms with Crippen LogP contribution in [0.1, 0.15) is 17.2 Å². The molecule has 0 aliphatic carbocycles. The number of morpholine rings is 1. The number of fused-ring (bicyclic) bond motifs is 1. The molecule has 116 valence electrons. The van der Waals surface area contributed by atoms with Crippen LogP contribution in [0.25, 0.3) is 0 Å². The van der Waals surface area contributed by atoms with Gasteiger partial charge in [-0.15, -0.1) is 15.7 Å². The number of hydrazine groups is 2. The molecule has 0 spiro atoms. The SMILES string of the molecule is N#Cc1cccc(C2CN(C3=NN4NNN=C4C=C3)CCO2)c1. The lowest BCUT2D eigenvalue weighted by atomic mass is 10.0. The van der Waals surface area contributed by atoms with Crippen LogP contribution < -0.4 is 11.1 Å². The van der Waals surface area contributed by atoms with Gasteiger partial charge in [0, 0.05) is 13.1 Å². The first-order chi connectivity index (χ1) is 11.3. The third-order valence-corrected chi connectivity index (χ3v) is 3.91. The Kier molecular flexibility index (Phi) is 3.42. The highest BCUT2D eigenvalue weighted by Gasteiger charge is 2.27. The molecule has 0 bridgehead atoms. The molecule has 4 rings (SSSR count). The molecule has 2 N–H and O–H groups in total. The molecule has 1 unspecified atom stereocenters. The van der Waals surface area contributed by atoms with Gasteiger partial charge in [0.25, 0.3) is 0 Å². The van der Waals surface area contributed by atoms with Crippen molar-refractivity contribution in [3.8, 4) is 6.07 Å². The number of hydrogen-bond acceptors (Lipinski definition) is 8. The molecule has 1 aromatic carbocycles. The van der Waals surface area contributed by atoms with E-state index in [1.165, 1.54) is 0 Å². The third-order valence-electron chi connectivity index (χ3n) is 3.91. The van der Waals surface area contributed by atoms with Gasteiger partial charge in [-0.3, -0.25) is 0 Å². The fourth-order valence-corrected chi connectivity index (χ4v) is 2.74. The van der Waals surface area contributed by atoms with Crippen molar-refractivity contribution in [2.75, 3.05) is 19.7 Å². The first-order valence-electron chi connectivity index (χ1n) is 7.35. The van der Waals surface area contributed by atoms with Crippen LogP contribution >= 0.6 is 0 Å². The summed E-state index contributed by atoms with van der Waals surface area (Å²) in [4.78, 5) is 2.17. The Morgan fingerprint density at radius 3 is 3.13 bits per heavy atom. The number of nitrogens with zero attached hydrogens (tertiary/aromatic N) is 5. The molecule has 8 heteroatoms. The minimum Gasteiger partial charge on any atom is -0.370 e. The highest BCUT2D eigenvalue weighted by atomic mass is 16.5. The largest absolute Gasteiger partial charge is 0.370 e.